The minimum Gasteiger partial charge on any atom is -0.508 e. The molecule has 0 aliphatic rings. The van der Waals surface area contributed by atoms with Crippen LogP contribution in [0.5, 0.6) is 11.5 Å². The van der Waals surface area contributed by atoms with Gasteiger partial charge in [-0.2, -0.15) is 0 Å². The molecule has 0 radical (unpaired) electrons. The fourth-order valence-corrected chi connectivity index (χ4v) is 2.43. The van der Waals surface area contributed by atoms with Gasteiger partial charge in [-0.25, -0.2) is 0 Å². The highest BCUT2D eigenvalue weighted by molar-refractivity contribution is 5.37. The summed E-state index contributed by atoms with van der Waals surface area (Å²) in [5.74, 6) is 1.21. The maximum Gasteiger partial charge on any atom is 0.123 e. The Morgan fingerprint density at radius 3 is 2.48 bits per heavy atom. The Bertz CT molecular complexity index is 551. The van der Waals surface area contributed by atoms with Crippen molar-refractivity contribution in [2.75, 3.05) is 13.7 Å². The molecule has 21 heavy (non-hydrogen) atoms. The molecule has 0 amide bonds. The Morgan fingerprint density at radius 2 is 1.81 bits per heavy atom. The van der Waals surface area contributed by atoms with Crippen molar-refractivity contribution in [2.45, 2.75) is 25.8 Å². The lowest BCUT2D eigenvalue weighted by atomic mass is 9.97. The van der Waals surface area contributed by atoms with Gasteiger partial charge in [0, 0.05) is 11.6 Å². The monoisotopic (exact) mass is 285 g/mol. The van der Waals surface area contributed by atoms with E-state index in [0.29, 0.717) is 5.75 Å². The molecule has 0 heterocycles. The normalized spacial score (nSPS) is 12.1. The first-order valence-corrected chi connectivity index (χ1v) is 7.38. The van der Waals surface area contributed by atoms with E-state index < -0.39 is 0 Å². The third-order valence-electron chi connectivity index (χ3n) is 3.53. The van der Waals surface area contributed by atoms with Crippen molar-refractivity contribution >= 4 is 0 Å². The minimum atomic E-state index is 0.200. The molecule has 1 atom stereocenters. The van der Waals surface area contributed by atoms with E-state index in [1.165, 1.54) is 11.1 Å². The van der Waals surface area contributed by atoms with Crippen molar-refractivity contribution in [3.63, 3.8) is 0 Å². The lowest BCUT2D eigenvalue weighted by Crippen LogP contribution is -2.24. The predicted octanol–water partition coefficient (Wildman–Crippen LogP) is 3.68. The van der Waals surface area contributed by atoms with Crippen LogP contribution in [0.2, 0.25) is 0 Å². The number of hydrogen-bond acceptors (Lipinski definition) is 3. The SMILES string of the molecule is CCCNC(Cc1ccc(O)cc1)c1ccccc1OC. The molecule has 1 unspecified atom stereocenters. The van der Waals surface area contributed by atoms with Crippen LogP contribution in [0.1, 0.15) is 30.5 Å². The van der Waals surface area contributed by atoms with Crippen LogP contribution < -0.4 is 10.1 Å². The third kappa shape index (κ3) is 4.23. The van der Waals surface area contributed by atoms with Crippen LogP contribution in [-0.4, -0.2) is 18.8 Å². The van der Waals surface area contributed by atoms with E-state index in [-0.39, 0.29) is 6.04 Å². The van der Waals surface area contributed by atoms with E-state index in [2.05, 4.69) is 18.3 Å². The van der Waals surface area contributed by atoms with Crippen molar-refractivity contribution in [1.29, 1.82) is 0 Å². The molecule has 0 fully saturated rings. The van der Waals surface area contributed by atoms with E-state index in [1.54, 1.807) is 19.2 Å². The summed E-state index contributed by atoms with van der Waals surface area (Å²) in [6.07, 6.45) is 1.95. The van der Waals surface area contributed by atoms with E-state index >= 15 is 0 Å². The second-order valence-corrected chi connectivity index (χ2v) is 5.12. The summed E-state index contributed by atoms with van der Waals surface area (Å²) in [6.45, 7) is 3.12. The molecular formula is C18H23NO2. The lowest BCUT2D eigenvalue weighted by Gasteiger charge is -2.21. The standard InChI is InChI=1S/C18H23NO2/c1-3-12-19-17(13-14-8-10-15(20)11-9-14)16-6-4-5-7-18(16)21-2/h4-11,17,19-20H,3,12-13H2,1-2H3. The molecule has 3 heteroatoms. The molecule has 2 N–H and O–H groups in total. The predicted molar refractivity (Wildman–Crippen MR) is 85.8 cm³/mol. The van der Waals surface area contributed by atoms with Gasteiger partial charge in [0.1, 0.15) is 11.5 Å². The molecule has 0 bridgehead atoms. The molecule has 0 saturated carbocycles. The molecule has 2 aromatic rings. The number of phenolic OH excluding ortho intramolecular Hbond substituents is 1. The maximum atomic E-state index is 9.40. The Balaban J connectivity index is 2.23. The van der Waals surface area contributed by atoms with E-state index in [0.717, 1.165) is 25.1 Å². The van der Waals surface area contributed by atoms with Crippen LogP contribution in [0.25, 0.3) is 0 Å². The second-order valence-electron chi connectivity index (χ2n) is 5.12. The van der Waals surface area contributed by atoms with Gasteiger partial charge in [0.2, 0.25) is 0 Å². The van der Waals surface area contributed by atoms with Crippen LogP contribution in [0.15, 0.2) is 48.5 Å². The minimum absolute atomic E-state index is 0.200. The van der Waals surface area contributed by atoms with Gasteiger partial charge in [-0.05, 0) is 43.1 Å². The molecule has 3 nitrogen and oxygen atoms in total. The number of phenols is 1. The molecule has 0 aliphatic carbocycles. The zero-order chi connectivity index (χ0) is 15.1. The molecule has 112 valence electrons. The highest BCUT2D eigenvalue weighted by Crippen LogP contribution is 2.27. The first-order chi connectivity index (χ1) is 10.2. The number of methoxy groups -OCH3 is 1. The molecule has 2 rings (SSSR count). The number of benzene rings is 2. The summed E-state index contributed by atoms with van der Waals surface area (Å²) in [4.78, 5) is 0. The summed E-state index contributed by atoms with van der Waals surface area (Å²) in [5, 5.41) is 13.0. The van der Waals surface area contributed by atoms with Crippen LogP contribution in [-0.2, 0) is 6.42 Å². The average Bonchev–Trinajstić information content (AvgIpc) is 2.53. The molecule has 0 aromatic heterocycles. The lowest BCUT2D eigenvalue weighted by molar-refractivity contribution is 0.398. The summed E-state index contributed by atoms with van der Waals surface area (Å²) in [5.41, 5.74) is 2.36. The van der Waals surface area contributed by atoms with Gasteiger partial charge in [-0.1, -0.05) is 37.3 Å². The van der Waals surface area contributed by atoms with Crippen LogP contribution >= 0.6 is 0 Å². The summed E-state index contributed by atoms with van der Waals surface area (Å²) in [7, 11) is 1.70. The fourth-order valence-electron chi connectivity index (χ4n) is 2.43. The van der Waals surface area contributed by atoms with Gasteiger partial charge in [0.15, 0.2) is 0 Å². The molecule has 0 saturated heterocycles. The van der Waals surface area contributed by atoms with Crippen molar-refractivity contribution in [3.8, 4) is 11.5 Å². The number of para-hydroxylation sites is 1. The number of rotatable bonds is 7. The topological polar surface area (TPSA) is 41.5 Å². The summed E-state index contributed by atoms with van der Waals surface area (Å²) < 4.78 is 5.48. The Hall–Kier alpha value is -2.00. The highest BCUT2D eigenvalue weighted by Gasteiger charge is 2.15. The van der Waals surface area contributed by atoms with Crippen molar-refractivity contribution < 1.29 is 9.84 Å². The Labute approximate surface area is 126 Å². The van der Waals surface area contributed by atoms with Crippen LogP contribution in [0.4, 0.5) is 0 Å². The van der Waals surface area contributed by atoms with Gasteiger partial charge in [0.25, 0.3) is 0 Å². The van der Waals surface area contributed by atoms with Crippen LogP contribution in [0.3, 0.4) is 0 Å². The first kappa shape index (κ1) is 15.4. The van der Waals surface area contributed by atoms with Gasteiger partial charge in [-0.15, -0.1) is 0 Å². The largest absolute Gasteiger partial charge is 0.508 e. The van der Waals surface area contributed by atoms with E-state index in [4.69, 9.17) is 4.74 Å². The highest BCUT2D eigenvalue weighted by atomic mass is 16.5. The molecule has 2 aromatic carbocycles. The molecule has 0 aliphatic heterocycles. The smallest absolute Gasteiger partial charge is 0.123 e. The number of hydrogen-bond donors (Lipinski definition) is 2. The quantitative estimate of drug-likeness (QED) is 0.815. The average molecular weight is 285 g/mol. The third-order valence-corrected chi connectivity index (χ3v) is 3.53. The van der Waals surface area contributed by atoms with Crippen LogP contribution in [0, 0.1) is 0 Å². The van der Waals surface area contributed by atoms with Gasteiger partial charge < -0.3 is 15.2 Å². The van der Waals surface area contributed by atoms with Crippen molar-refractivity contribution in [2.24, 2.45) is 0 Å². The Morgan fingerprint density at radius 1 is 1.10 bits per heavy atom. The van der Waals surface area contributed by atoms with Crippen molar-refractivity contribution in [1.82, 2.24) is 5.32 Å². The molecule has 0 spiro atoms. The molecular weight excluding hydrogens is 262 g/mol. The van der Waals surface area contributed by atoms with Gasteiger partial charge in [0.05, 0.1) is 7.11 Å². The number of nitrogens with one attached hydrogen (secondary N) is 1. The Kier molecular flexibility index (Phi) is 5.64. The number of aromatic hydroxyl groups is 1. The maximum absolute atomic E-state index is 9.40. The van der Waals surface area contributed by atoms with E-state index in [1.807, 2.05) is 30.3 Å². The number of ether oxygens (including phenoxy) is 1. The summed E-state index contributed by atoms with van der Waals surface area (Å²) >= 11 is 0. The first-order valence-electron chi connectivity index (χ1n) is 7.38. The van der Waals surface area contributed by atoms with Crippen molar-refractivity contribution in [3.05, 3.63) is 59.7 Å². The zero-order valence-electron chi connectivity index (χ0n) is 12.7. The summed E-state index contributed by atoms with van der Waals surface area (Å²) in [6, 6.07) is 15.7. The van der Waals surface area contributed by atoms with Gasteiger partial charge >= 0.3 is 0 Å². The zero-order valence-corrected chi connectivity index (χ0v) is 12.7. The van der Waals surface area contributed by atoms with E-state index in [9.17, 15) is 5.11 Å². The second kappa shape index (κ2) is 7.70. The fraction of sp³-hybridized carbons (Fsp3) is 0.333. The van der Waals surface area contributed by atoms with Gasteiger partial charge in [-0.3, -0.25) is 0 Å².